The fourth-order valence-corrected chi connectivity index (χ4v) is 2.45. The lowest BCUT2D eigenvalue weighted by Gasteiger charge is -2.32. The minimum absolute atomic E-state index is 0.289. The maximum atomic E-state index is 12.0. The van der Waals surface area contributed by atoms with Crippen LogP contribution in [0.2, 0.25) is 0 Å². The molecule has 4 heteroatoms. The van der Waals surface area contributed by atoms with Crippen molar-refractivity contribution in [2.75, 3.05) is 40.4 Å². The van der Waals surface area contributed by atoms with Crippen LogP contribution in [0.5, 0.6) is 0 Å². The van der Waals surface area contributed by atoms with Crippen molar-refractivity contribution in [3.05, 3.63) is 0 Å². The van der Waals surface area contributed by atoms with E-state index in [4.69, 9.17) is 4.74 Å². The van der Waals surface area contributed by atoms with Gasteiger partial charge in [0.1, 0.15) is 0 Å². The lowest BCUT2D eigenvalue weighted by molar-refractivity contribution is -0.133. The fourth-order valence-electron chi connectivity index (χ4n) is 2.45. The third kappa shape index (κ3) is 5.04. The molecule has 0 radical (unpaired) electrons. The van der Waals surface area contributed by atoms with E-state index in [1.807, 2.05) is 11.9 Å². The molecule has 4 nitrogen and oxygen atoms in total. The highest BCUT2D eigenvalue weighted by molar-refractivity contribution is 5.76. The summed E-state index contributed by atoms with van der Waals surface area (Å²) in [7, 11) is 3.67. The summed E-state index contributed by atoms with van der Waals surface area (Å²) in [6.45, 7) is 5.65. The number of nitrogens with one attached hydrogen (secondary N) is 1. The lowest BCUT2D eigenvalue weighted by Crippen LogP contribution is -2.41. The van der Waals surface area contributed by atoms with Gasteiger partial charge in [0, 0.05) is 33.2 Å². The molecular weight excluding hydrogens is 216 g/mol. The van der Waals surface area contributed by atoms with E-state index in [0.29, 0.717) is 18.9 Å². The van der Waals surface area contributed by atoms with Crippen LogP contribution in [0.15, 0.2) is 0 Å². The molecule has 0 aromatic carbocycles. The lowest BCUT2D eigenvalue weighted by atomic mass is 9.96. The molecule has 0 bridgehead atoms. The molecule has 1 fully saturated rings. The van der Waals surface area contributed by atoms with Crippen molar-refractivity contribution in [3.8, 4) is 0 Å². The number of methoxy groups -OCH3 is 1. The van der Waals surface area contributed by atoms with Gasteiger partial charge in [0.15, 0.2) is 0 Å². The van der Waals surface area contributed by atoms with E-state index in [1.54, 1.807) is 7.11 Å². The van der Waals surface area contributed by atoms with Crippen molar-refractivity contribution in [3.63, 3.8) is 0 Å². The summed E-state index contributed by atoms with van der Waals surface area (Å²) in [6.07, 6.45) is 2.88. The molecule has 1 aliphatic rings. The highest BCUT2D eigenvalue weighted by Gasteiger charge is 2.23. The molecule has 1 aliphatic heterocycles. The SMILES string of the molecule is CNCC1CCN(C(=O)CC(C)COC)CC1. The fraction of sp³-hybridized carbons (Fsp3) is 0.923. The van der Waals surface area contributed by atoms with Gasteiger partial charge in [0.2, 0.25) is 5.91 Å². The Morgan fingerprint density at radius 3 is 2.65 bits per heavy atom. The molecule has 1 N–H and O–H groups in total. The minimum atomic E-state index is 0.289. The molecular formula is C13H26N2O2. The van der Waals surface area contributed by atoms with Gasteiger partial charge in [-0.3, -0.25) is 4.79 Å². The first-order valence-corrected chi connectivity index (χ1v) is 6.58. The number of ether oxygens (including phenoxy) is 1. The zero-order valence-electron chi connectivity index (χ0n) is 11.4. The predicted molar refractivity (Wildman–Crippen MR) is 68.9 cm³/mol. The van der Waals surface area contributed by atoms with E-state index in [1.165, 1.54) is 0 Å². The topological polar surface area (TPSA) is 41.6 Å². The summed E-state index contributed by atoms with van der Waals surface area (Å²) >= 11 is 0. The molecule has 0 aliphatic carbocycles. The van der Waals surface area contributed by atoms with Gasteiger partial charge >= 0.3 is 0 Å². The molecule has 1 atom stereocenters. The van der Waals surface area contributed by atoms with Crippen LogP contribution in [-0.4, -0.2) is 51.2 Å². The molecule has 1 rings (SSSR count). The number of hydrogen-bond donors (Lipinski definition) is 1. The number of nitrogens with zero attached hydrogens (tertiary/aromatic N) is 1. The Kier molecular flexibility index (Phi) is 6.52. The van der Waals surface area contributed by atoms with Crippen molar-refractivity contribution in [2.24, 2.45) is 11.8 Å². The van der Waals surface area contributed by atoms with E-state index in [2.05, 4.69) is 12.2 Å². The Morgan fingerprint density at radius 1 is 1.47 bits per heavy atom. The molecule has 17 heavy (non-hydrogen) atoms. The number of carbonyl (C=O) groups excluding carboxylic acids is 1. The van der Waals surface area contributed by atoms with Gasteiger partial charge in [-0.15, -0.1) is 0 Å². The zero-order chi connectivity index (χ0) is 12.7. The van der Waals surface area contributed by atoms with Crippen LogP contribution in [-0.2, 0) is 9.53 Å². The quantitative estimate of drug-likeness (QED) is 0.759. The summed E-state index contributed by atoms with van der Waals surface area (Å²) < 4.78 is 5.06. The van der Waals surface area contributed by atoms with Crippen LogP contribution >= 0.6 is 0 Å². The molecule has 1 amide bonds. The van der Waals surface area contributed by atoms with Crippen molar-refractivity contribution in [1.82, 2.24) is 10.2 Å². The number of amides is 1. The van der Waals surface area contributed by atoms with Gasteiger partial charge in [-0.1, -0.05) is 6.92 Å². The van der Waals surface area contributed by atoms with Crippen LogP contribution in [0, 0.1) is 11.8 Å². The molecule has 0 spiro atoms. The van der Waals surface area contributed by atoms with Gasteiger partial charge in [-0.2, -0.15) is 0 Å². The predicted octanol–water partition coefficient (Wildman–Crippen LogP) is 1.12. The van der Waals surface area contributed by atoms with E-state index < -0.39 is 0 Å². The molecule has 0 saturated carbocycles. The van der Waals surface area contributed by atoms with E-state index in [-0.39, 0.29) is 5.91 Å². The van der Waals surface area contributed by atoms with Gasteiger partial charge < -0.3 is 15.0 Å². The third-order valence-corrected chi connectivity index (χ3v) is 3.43. The number of carbonyl (C=O) groups is 1. The van der Waals surface area contributed by atoms with Crippen LogP contribution < -0.4 is 5.32 Å². The minimum Gasteiger partial charge on any atom is -0.384 e. The first-order valence-electron chi connectivity index (χ1n) is 6.58. The highest BCUT2D eigenvalue weighted by atomic mass is 16.5. The van der Waals surface area contributed by atoms with Crippen LogP contribution in [0.4, 0.5) is 0 Å². The van der Waals surface area contributed by atoms with E-state index >= 15 is 0 Å². The maximum absolute atomic E-state index is 12.0. The summed E-state index contributed by atoms with van der Waals surface area (Å²) in [5.74, 6) is 1.35. The summed E-state index contributed by atoms with van der Waals surface area (Å²) in [5.41, 5.74) is 0. The second-order valence-corrected chi connectivity index (χ2v) is 5.15. The Balaban J connectivity index is 2.25. The number of likely N-dealkylation sites (tertiary alicyclic amines) is 1. The Hall–Kier alpha value is -0.610. The Bertz CT molecular complexity index is 225. The first kappa shape index (κ1) is 14.5. The standard InChI is InChI=1S/C13H26N2O2/c1-11(10-17-3)8-13(16)15-6-4-12(5-7-15)9-14-2/h11-12,14H,4-10H2,1-3H3. The largest absolute Gasteiger partial charge is 0.384 e. The van der Waals surface area contributed by atoms with Gasteiger partial charge in [0.25, 0.3) is 0 Å². The van der Waals surface area contributed by atoms with Crippen molar-refractivity contribution >= 4 is 5.91 Å². The normalized spacial score (nSPS) is 19.4. The van der Waals surface area contributed by atoms with Gasteiger partial charge in [-0.05, 0) is 38.3 Å². The van der Waals surface area contributed by atoms with Gasteiger partial charge in [0.05, 0.1) is 0 Å². The summed E-state index contributed by atoms with van der Waals surface area (Å²) in [4.78, 5) is 14.0. The number of hydrogen-bond acceptors (Lipinski definition) is 3. The highest BCUT2D eigenvalue weighted by Crippen LogP contribution is 2.18. The van der Waals surface area contributed by atoms with Crippen molar-refractivity contribution < 1.29 is 9.53 Å². The summed E-state index contributed by atoms with van der Waals surface area (Å²) in [6, 6.07) is 0. The monoisotopic (exact) mass is 242 g/mol. The van der Waals surface area contributed by atoms with Crippen LogP contribution in [0.3, 0.4) is 0 Å². The second-order valence-electron chi connectivity index (χ2n) is 5.15. The van der Waals surface area contributed by atoms with Gasteiger partial charge in [-0.25, -0.2) is 0 Å². The average Bonchev–Trinajstić information content (AvgIpc) is 2.30. The van der Waals surface area contributed by atoms with Crippen molar-refractivity contribution in [1.29, 1.82) is 0 Å². The number of piperidine rings is 1. The Morgan fingerprint density at radius 2 is 2.12 bits per heavy atom. The molecule has 100 valence electrons. The second kappa shape index (κ2) is 7.67. The van der Waals surface area contributed by atoms with Crippen LogP contribution in [0.25, 0.3) is 0 Å². The first-order chi connectivity index (χ1) is 8.17. The Labute approximate surface area is 105 Å². The molecule has 0 aromatic rings. The third-order valence-electron chi connectivity index (χ3n) is 3.43. The summed E-state index contributed by atoms with van der Waals surface area (Å²) in [5, 5.41) is 3.21. The van der Waals surface area contributed by atoms with Crippen LogP contribution in [0.1, 0.15) is 26.2 Å². The molecule has 1 unspecified atom stereocenters. The zero-order valence-corrected chi connectivity index (χ0v) is 11.4. The van der Waals surface area contributed by atoms with E-state index in [9.17, 15) is 4.79 Å². The smallest absolute Gasteiger partial charge is 0.222 e. The van der Waals surface area contributed by atoms with E-state index in [0.717, 1.165) is 38.4 Å². The number of rotatable bonds is 6. The average molecular weight is 242 g/mol. The maximum Gasteiger partial charge on any atom is 0.222 e. The molecule has 1 saturated heterocycles. The van der Waals surface area contributed by atoms with Crippen molar-refractivity contribution in [2.45, 2.75) is 26.2 Å². The molecule has 1 heterocycles. The molecule has 0 aromatic heterocycles.